The Labute approximate surface area is 191 Å². The molecule has 0 aliphatic rings. The number of halogens is 4. The Morgan fingerprint density at radius 3 is 1.21 bits per heavy atom. The van der Waals surface area contributed by atoms with Gasteiger partial charge >= 0.3 is 0 Å². The Hall–Kier alpha value is -0.0200. The molecule has 4 atom stereocenters. The zero-order valence-corrected chi connectivity index (χ0v) is 20.0. The summed E-state index contributed by atoms with van der Waals surface area (Å²) in [6.07, 6.45) is 7.81. The van der Waals surface area contributed by atoms with Gasteiger partial charge in [0.1, 0.15) is 24.7 Å². The van der Waals surface area contributed by atoms with E-state index in [-0.39, 0.29) is 21.5 Å². The molecular weight excluding hydrogens is 438 g/mol. The van der Waals surface area contributed by atoms with E-state index in [4.69, 9.17) is 55.9 Å². The second kappa shape index (κ2) is 15.8. The van der Waals surface area contributed by atoms with E-state index >= 15 is 0 Å². The van der Waals surface area contributed by atoms with Gasteiger partial charge in [-0.25, -0.2) is 0 Å². The highest BCUT2D eigenvalue weighted by Crippen LogP contribution is 2.22. The summed E-state index contributed by atoms with van der Waals surface area (Å²) in [4.78, 5) is 0. The highest BCUT2D eigenvalue weighted by molar-refractivity contribution is 6.22. The Morgan fingerprint density at radius 2 is 0.893 bits per heavy atom. The molecule has 0 aliphatic carbocycles. The number of hydrogen-bond acceptors (Lipinski definition) is 2. The zero-order valence-electron chi connectivity index (χ0n) is 17.0. The van der Waals surface area contributed by atoms with Crippen molar-refractivity contribution in [2.75, 3.05) is 13.2 Å². The van der Waals surface area contributed by atoms with Crippen LogP contribution < -0.4 is 9.47 Å². The minimum absolute atomic E-state index is 0.0375. The second-order valence-corrected chi connectivity index (χ2v) is 9.68. The van der Waals surface area contributed by atoms with Crippen LogP contribution in [0.15, 0.2) is 24.3 Å². The summed E-state index contributed by atoms with van der Waals surface area (Å²) < 4.78 is 11.5. The summed E-state index contributed by atoms with van der Waals surface area (Å²) in [5.41, 5.74) is 0. The third-order valence-electron chi connectivity index (χ3n) is 4.48. The first-order valence-corrected chi connectivity index (χ1v) is 12.1. The maximum absolute atomic E-state index is 6.33. The lowest BCUT2D eigenvalue weighted by Gasteiger charge is -2.15. The van der Waals surface area contributed by atoms with Gasteiger partial charge < -0.3 is 9.47 Å². The monoisotopic (exact) mass is 470 g/mol. The number of rotatable bonds is 16. The highest BCUT2D eigenvalue weighted by Gasteiger charge is 2.12. The Kier molecular flexibility index (Phi) is 14.7. The van der Waals surface area contributed by atoms with Gasteiger partial charge in [-0.05, 0) is 62.8 Å². The number of alkyl halides is 4. The van der Waals surface area contributed by atoms with Gasteiger partial charge in [-0.15, -0.1) is 46.4 Å². The van der Waals surface area contributed by atoms with E-state index in [1.165, 1.54) is 0 Å². The molecule has 0 fully saturated rings. The van der Waals surface area contributed by atoms with Crippen LogP contribution in [0.3, 0.4) is 0 Å². The molecule has 0 radical (unpaired) electrons. The molecule has 4 unspecified atom stereocenters. The Balaban J connectivity index is 2.24. The third-order valence-corrected chi connectivity index (χ3v) is 6.04. The molecule has 0 saturated carbocycles. The fourth-order valence-corrected chi connectivity index (χ4v) is 3.88. The minimum atomic E-state index is -0.0375. The predicted octanol–water partition coefficient (Wildman–Crippen LogP) is 8.03. The van der Waals surface area contributed by atoms with Gasteiger partial charge in [0, 0.05) is 10.8 Å². The summed E-state index contributed by atoms with van der Waals surface area (Å²) in [5.74, 6) is 1.56. The van der Waals surface area contributed by atoms with E-state index in [9.17, 15) is 0 Å². The maximum Gasteiger partial charge on any atom is 0.119 e. The average molecular weight is 472 g/mol. The summed E-state index contributed by atoms with van der Waals surface area (Å²) in [7, 11) is 0. The Morgan fingerprint density at radius 1 is 0.571 bits per heavy atom. The molecule has 1 rings (SSSR count). The maximum atomic E-state index is 6.33. The van der Waals surface area contributed by atoms with Crippen LogP contribution in [-0.2, 0) is 0 Å². The lowest BCUT2D eigenvalue weighted by molar-refractivity contribution is 0.300. The first-order valence-electron chi connectivity index (χ1n) is 10.4. The molecule has 2 nitrogen and oxygen atoms in total. The largest absolute Gasteiger partial charge is 0.492 e. The molecular formula is C22H34Cl4O2. The molecule has 0 spiro atoms. The van der Waals surface area contributed by atoms with Crippen LogP contribution in [0.5, 0.6) is 11.5 Å². The van der Waals surface area contributed by atoms with Gasteiger partial charge in [0.2, 0.25) is 0 Å². The molecule has 0 amide bonds. The molecule has 0 aromatic heterocycles. The highest BCUT2D eigenvalue weighted by atomic mass is 35.5. The molecule has 28 heavy (non-hydrogen) atoms. The van der Waals surface area contributed by atoms with Crippen LogP contribution in [-0.4, -0.2) is 34.7 Å². The van der Waals surface area contributed by atoms with Gasteiger partial charge in [-0.1, -0.05) is 26.7 Å². The van der Waals surface area contributed by atoms with Crippen LogP contribution in [0.2, 0.25) is 0 Å². The molecule has 0 bridgehead atoms. The molecule has 0 heterocycles. The summed E-state index contributed by atoms with van der Waals surface area (Å²) in [6, 6.07) is 7.55. The molecule has 1 aromatic rings. The second-order valence-electron chi connectivity index (χ2n) is 7.21. The smallest absolute Gasteiger partial charge is 0.119 e. The van der Waals surface area contributed by atoms with Crippen molar-refractivity contribution >= 4 is 46.4 Å². The van der Waals surface area contributed by atoms with Crippen molar-refractivity contribution in [1.29, 1.82) is 0 Å². The fourth-order valence-electron chi connectivity index (χ4n) is 2.81. The van der Waals surface area contributed by atoms with E-state index in [0.717, 1.165) is 62.9 Å². The van der Waals surface area contributed by atoms with Gasteiger partial charge in [0.15, 0.2) is 0 Å². The van der Waals surface area contributed by atoms with Gasteiger partial charge in [0.25, 0.3) is 0 Å². The van der Waals surface area contributed by atoms with Crippen LogP contribution in [0.4, 0.5) is 0 Å². The molecule has 6 heteroatoms. The number of benzene rings is 1. The Bertz CT molecular complexity index is 453. The normalized spacial score (nSPS) is 15.6. The van der Waals surface area contributed by atoms with Gasteiger partial charge in [-0.2, -0.15) is 0 Å². The third kappa shape index (κ3) is 12.5. The summed E-state index contributed by atoms with van der Waals surface area (Å²) >= 11 is 25.1. The van der Waals surface area contributed by atoms with Crippen LogP contribution >= 0.6 is 46.4 Å². The van der Waals surface area contributed by atoms with Crippen molar-refractivity contribution < 1.29 is 9.47 Å². The van der Waals surface area contributed by atoms with Gasteiger partial charge in [0.05, 0.1) is 10.8 Å². The van der Waals surface area contributed by atoms with Crippen LogP contribution in [0.25, 0.3) is 0 Å². The first kappa shape index (κ1) is 26.0. The van der Waals surface area contributed by atoms with Crippen molar-refractivity contribution in [2.24, 2.45) is 0 Å². The average Bonchev–Trinajstić information content (AvgIpc) is 2.69. The quantitative estimate of drug-likeness (QED) is 0.227. The van der Waals surface area contributed by atoms with Crippen molar-refractivity contribution in [1.82, 2.24) is 0 Å². The minimum Gasteiger partial charge on any atom is -0.492 e. The molecule has 162 valence electrons. The molecule has 0 N–H and O–H groups in total. The van der Waals surface area contributed by atoms with Crippen molar-refractivity contribution in [3.8, 4) is 11.5 Å². The van der Waals surface area contributed by atoms with Crippen molar-refractivity contribution in [2.45, 2.75) is 86.7 Å². The molecule has 0 aliphatic heterocycles. The first-order chi connectivity index (χ1) is 13.4. The molecule has 0 saturated heterocycles. The topological polar surface area (TPSA) is 18.5 Å². The number of hydrogen-bond donors (Lipinski definition) is 0. The van der Waals surface area contributed by atoms with E-state index in [2.05, 4.69) is 13.8 Å². The van der Waals surface area contributed by atoms with Crippen molar-refractivity contribution in [3.05, 3.63) is 24.3 Å². The number of ether oxygens (including phenoxy) is 2. The summed E-state index contributed by atoms with van der Waals surface area (Å²) in [5, 5.41) is 0.333. The molecule has 1 aromatic carbocycles. The summed E-state index contributed by atoms with van der Waals surface area (Å²) in [6.45, 7) is 5.22. The van der Waals surface area contributed by atoms with E-state index in [0.29, 0.717) is 13.2 Å². The fraction of sp³-hybridized carbons (Fsp3) is 0.727. The zero-order chi connectivity index (χ0) is 20.8. The van der Waals surface area contributed by atoms with Crippen molar-refractivity contribution in [3.63, 3.8) is 0 Å². The van der Waals surface area contributed by atoms with E-state index < -0.39 is 0 Å². The SMILES string of the molecule is CCCC(Cl)CCC(Cl)COc1ccc(OCC(Cl)CCC(Cl)CCC)cc1. The van der Waals surface area contributed by atoms with E-state index in [1.807, 2.05) is 24.3 Å². The van der Waals surface area contributed by atoms with Crippen LogP contribution in [0.1, 0.15) is 65.2 Å². The standard InChI is InChI=1S/C22H34Cl4O2/c1-3-5-17(23)7-9-19(25)15-27-21-11-13-22(14-12-21)28-16-20(26)10-8-18(24)6-4-2/h11-14,17-20H,3-10,15-16H2,1-2H3. The van der Waals surface area contributed by atoms with E-state index in [1.54, 1.807) is 0 Å². The predicted molar refractivity (Wildman–Crippen MR) is 124 cm³/mol. The van der Waals surface area contributed by atoms with Gasteiger partial charge in [-0.3, -0.25) is 0 Å². The van der Waals surface area contributed by atoms with Crippen LogP contribution in [0, 0.1) is 0 Å². The lowest BCUT2D eigenvalue weighted by atomic mass is 10.1. The lowest BCUT2D eigenvalue weighted by Crippen LogP contribution is -2.14.